The molecule has 0 bridgehead atoms. The molecule has 6 heteroatoms. The van der Waals surface area contributed by atoms with Gasteiger partial charge in [0.15, 0.2) is 0 Å². The summed E-state index contributed by atoms with van der Waals surface area (Å²) in [5.74, 6) is 5.53. The van der Waals surface area contributed by atoms with Gasteiger partial charge in [-0.1, -0.05) is 18.8 Å². The molecule has 1 aliphatic rings. The standard InChI is InChI=1S/C16H17N4O2/c1-4-5-6-7-11-10-18-19-16(21)13-8-12(20(3)22)9-14(17-2)15(11)13/h7-10,17H,4H2,1-3H3,(H,19,21)/q-1/b11-7+. The summed E-state index contributed by atoms with van der Waals surface area (Å²) in [6.07, 6.45) is 4.01. The van der Waals surface area contributed by atoms with Crippen molar-refractivity contribution in [3.8, 4) is 11.8 Å². The molecule has 2 N–H and O–H groups in total. The highest BCUT2D eigenvalue weighted by Gasteiger charge is 2.21. The van der Waals surface area contributed by atoms with Crippen molar-refractivity contribution in [2.24, 2.45) is 5.10 Å². The van der Waals surface area contributed by atoms with Crippen LogP contribution in [0.2, 0.25) is 0 Å². The van der Waals surface area contributed by atoms with Crippen LogP contribution in [0.3, 0.4) is 0 Å². The summed E-state index contributed by atoms with van der Waals surface area (Å²) in [4.78, 5) is 12.2. The SMILES string of the molecule is CCC#C/C=C1\C=NNC(=O)c2cc(N(C)[O-])cc(NC)c21. The van der Waals surface area contributed by atoms with Crippen LogP contribution in [0, 0.1) is 17.0 Å². The van der Waals surface area contributed by atoms with Gasteiger partial charge < -0.3 is 15.6 Å². The van der Waals surface area contributed by atoms with Crippen molar-refractivity contribution in [2.75, 3.05) is 24.5 Å². The van der Waals surface area contributed by atoms with E-state index in [1.807, 2.05) is 6.92 Å². The van der Waals surface area contributed by atoms with Crippen LogP contribution in [-0.4, -0.2) is 26.2 Å². The molecular formula is C16H17N4O2-. The molecule has 0 spiro atoms. The first-order chi connectivity index (χ1) is 10.6. The van der Waals surface area contributed by atoms with Crippen molar-refractivity contribution in [2.45, 2.75) is 13.3 Å². The summed E-state index contributed by atoms with van der Waals surface area (Å²) >= 11 is 0. The molecule has 1 aliphatic heterocycles. The first-order valence-electron chi connectivity index (χ1n) is 6.87. The first kappa shape index (κ1) is 15.6. The molecule has 1 heterocycles. The molecule has 2 rings (SSSR count). The minimum Gasteiger partial charge on any atom is -0.758 e. The van der Waals surface area contributed by atoms with E-state index in [4.69, 9.17) is 0 Å². The van der Waals surface area contributed by atoms with Crippen LogP contribution in [0.15, 0.2) is 23.3 Å². The van der Waals surface area contributed by atoms with Crippen LogP contribution >= 0.6 is 0 Å². The van der Waals surface area contributed by atoms with E-state index in [9.17, 15) is 10.0 Å². The average molecular weight is 297 g/mol. The van der Waals surface area contributed by atoms with E-state index < -0.39 is 0 Å². The number of fused-ring (bicyclic) bond motifs is 1. The van der Waals surface area contributed by atoms with Crippen molar-refractivity contribution in [3.05, 3.63) is 34.5 Å². The zero-order valence-electron chi connectivity index (χ0n) is 12.7. The summed E-state index contributed by atoms with van der Waals surface area (Å²) in [7, 11) is 3.12. The number of hydroxylamine groups is 1. The number of hydrogen-bond acceptors (Lipinski definition) is 5. The number of nitrogens with one attached hydrogen (secondary N) is 2. The molecule has 0 aromatic heterocycles. The third-order valence-corrected chi connectivity index (χ3v) is 3.17. The quantitative estimate of drug-likeness (QED) is 0.648. The highest BCUT2D eigenvalue weighted by atomic mass is 16.5. The molecular weight excluding hydrogens is 280 g/mol. The molecule has 114 valence electrons. The number of allylic oxidation sites excluding steroid dienone is 2. The van der Waals surface area contributed by atoms with E-state index in [1.54, 1.807) is 31.5 Å². The predicted molar refractivity (Wildman–Crippen MR) is 89.8 cm³/mol. The van der Waals surface area contributed by atoms with Crippen molar-refractivity contribution in [1.29, 1.82) is 0 Å². The summed E-state index contributed by atoms with van der Waals surface area (Å²) in [6.45, 7) is 1.96. The van der Waals surface area contributed by atoms with Crippen molar-refractivity contribution in [3.63, 3.8) is 0 Å². The third kappa shape index (κ3) is 3.10. The number of carbonyl (C=O) groups is 1. The number of hydrazone groups is 1. The van der Waals surface area contributed by atoms with Gasteiger partial charge in [0.2, 0.25) is 0 Å². The fourth-order valence-electron chi connectivity index (χ4n) is 2.12. The summed E-state index contributed by atoms with van der Waals surface area (Å²) in [6, 6.07) is 3.24. The van der Waals surface area contributed by atoms with Crippen LogP contribution < -0.4 is 15.8 Å². The Hall–Kier alpha value is -2.78. The van der Waals surface area contributed by atoms with Gasteiger partial charge in [-0.2, -0.15) is 5.10 Å². The van der Waals surface area contributed by atoms with Gasteiger partial charge in [0.1, 0.15) is 0 Å². The molecule has 1 aromatic rings. The third-order valence-electron chi connectivity index (χ3n) is 3.17. The van der Waals surface area contributed by atoms with Gasteiger partial charge in [-0.3, -0.25) is 4.79 Å². The average Bonchev–Trinajstić information content (AvgIpc) is 2.66. The van der Waals surface area contributed by atoms with E-state index in [2.05, 4.69) is 27.7 Å². The molecule has 0 saturated carbocycles. The number of rotatable bonds is 2. The van der Waals surface area contributed by atoms with Crippen LogP contribution in [0.5, 0.6) is 0 Å². The Morgan fingerprint density at radius 1 is 1.50 bits per heavy atom. The van der Waals surface area contributed by atoms with Crippen LogP contribution in [0.25, 0.3) is 5.57 Å². The second-order valence-electron chi connectivity index (χ2n) is 4.64. The molecule has 22 heavy (non-hydrogen) atoms. The summed E-state index contributed by atoms with van der Waals surface area (Å²) in [5, 5.41) is 19.2. The molecule has 0 radical (unpaired) electrons. The predicted octanol–water partition coefficient (Wildman–Crippen LogP) is 2.19. The smallest absolute Gasteiger partial charge is 0.272 e. The minimum absolute atomic E-state index is 0.363. The van der Waals surface area contributed by atoms with Crippen LogP contribution in [0.1, 0.15) is 29.3 Å². The molecule has 6 nitrogen and oxygen atoms in total. The number of anilines is 2. The van der Waals surface area contributed by atoms with E-state index >= 15 is 0 Å². The Morgan fingerprint density at radius 3 is 2.91 bits per heavy atom. The van der Waals surface area contributed by atoms with E-state index in [1.165, 1.54) is 7.05 Å². The van der Waals surface area contributed by atoms with E-state index in [0.29, 0.717) is 33.1 Å². The fourth-order valence-corrected chi connectivity index (χ4v) is 2.12. The lowest BCUT2D eigenvalue weighted by Gasteiger charge is -2.27. The Labute approximate surface area is 129 Å². The van der Waals surface area contributed by atoms with Crippen molar-refractivity contribution in [1.82, 2.24) is 5.43 Å². The maximum absolute atomic E-state index is 12.2. The molecule has 1 aromatic carbocycles. The highest BCUT2D eigenvalue weighted by Crippen LogP contribution is 2.32. The Bertz CT molecular complexity index is 709. The zero-order valence-corrected chi connectivity index (χ0v) is 12.7. The minimum atomic E-state index is -0.363. The lowest BCUT2D eigenvalue weighted by Crippen LogP contribution is -2.18. The topological polar surface area (TPSA) is 79.8 Å². The van der Waals surface area contributed by atoms with E-state index in [0.717, 1.165) is 6.42 Å². The number of carbonyl (C=O) groups excluding carboxylic acids is 1. The Morgan fingerprint density at radius 2 is 2.27 bits per heavy atom. The molecule has 0 unspecified atom stereocenters. The monoisotopic (exact) mass is 297 g/mol. The molecule has 0 saturated heterocycles. The van der Waals surface area contributed by atoms with Gasteiger partial charge in [-0.05, 0) is 25.3 Å². The van der Waals surface area contributed by atoms with E-state index in [-0.39, 0.29) is 5.91 Å². The Kier molecular flexibility index (Phi) is 4.81. The van der Waals surface area contributed by atoms with Gasteiger partial charge in [-0.15, -0.1) is 0 Å². The molecule has 0 aliphatic carbocycles. The normalized spacial score (nSPS) is 14.5. The van der Waals surface area contributed by atoms with Gasteiger partial charge in [-0.25, -0.2) is 5.43 Å². The van der Waals surface area contributed by atoms with Crippen molar-refractivity contribution < 1.29 is 4.79 Å². The Balaban J connectivity index is 2.70. The highest BCUT2D eigenvalue weighted by molar-refractivity contribution is 6.19. The second kappa shape index (κ2) is 6.78. The van der Waals surface area contributed by atoms with Gasteiger partial charge in [0, 0.05) is 36.0 Å². The van der Waals surface area contributed by atoms with Gasteiger partial charge in [0.25, 0.3) is 5.91 Å². The maximum atomic E-state index is 12.2. The van der Waals surface area contributed by atoms with Gasteiger partial charge in [0.05, 0.1) is 11.8 Å². The molecule has 0 atom stereocenters. The lowest BCUT2D eigenvalue weighted by molar-refractivity contribution is 0.0955. The molecule has 1 amide bonds. The second-order valence-corrected chi connectivity index (χ2v) is 4.64. The van der Waals surface area contributed by atoms with Crippen molar-refractivity contribution >= 4 is 29.1 Å². The summed E-state index contributed by atoms with van der Waals surface area (Å²) in [5.41, 5.74) is 5.26. The fraction of sp³-hybridized carbons (Fsp3) is 0.250. The van der Waals surface area contributed by atoms with Gasteiger partial charge >= 0.3 is 0 Å². The first-order valence-corrected chi connectivity index (χ1v) is 6.87. The van der Waals surface area contributed by atoms with Crippen LogP contribution in [0.4, 0.5) is 11.4 Å². The number of benzene rings is 1. The summed E-state index contributed by atoms with van der Waals surface area (Å²) < 4.78 is 0. The molecule has 0 fully saturated rings. The largest absolute Gasteiger partial charge is 0.758 e. The van der Waals surface area contributed by atoms with Crippen LogP contribution in [-0.2, 0) is 0 Å². The maximum Gasteiger partial charge on any atom is 0.272 e. The number of amides is 1. The number of nitrogens with zero attached hydrogens (tertiary/aromatic N) is 2. The number of hydrogen-bond donors (Lipinski definition) is 2. The lowest BCUT2D eigenvalue weighted by atomic mass is 9.96. The zero-order chi connectivity index (χ0) is 16.1.